The summed E-state index contributed by atoms with van der Waals surface area (Å²) in [5.41, 5.74) is 8.83. The fraction of sp³-hybridized carbons (Fsp3) is 0.500. The normalized spacial score (nSPS) is 19.5. The van der Waals surface area contributed by atoms with Crippen LogP contribution in [0.25, 0.3) is 0 Å². The summed E-state index contributed by atoms with van der Waals surface area (Å²) >= 11 is 4.97. The predicted molar refractivity (Wildman–Crippen MR) is 79.1 cm³/mol. The van der Waals surface area contributed by atoms with Crippen molar-refractivity contribution >= 4 is 22.9 Å². The third kappa shape index (κ3) is 3.43. The van der Waals surface area contributed by atoms with Crippen molar-refractivity contribution in [1.82, 2.24) is 0 Å². The lowest BCUT2D eigenvalue weighted by Gasteiger charge is -2.23. The number of nitrogens with two attached hydrogens (primary N) is 1. The topological polar surface area (TPSA) is 47.3 Å². The van der Waals surface area contributed by atoms with Gasteiger partial charge >= 0.3 is 0 Å². The van der Waals surface area contributed by atoms with Gasteiger partial charge in [0.15, 0.2) is 0 Å². The van der Waals surface area contributed by atoms with Crippen molar-refractivity contribution in [2.24, 2.45) is 5.73 Å². The molecule has 0 radical (unpaired) electrons. The minimum atomic E-state index is 0.341. The molecule has 1 aromatic carbocycles. The van der Waals surface area contributed by atoms with Gasteiger partial charge in [0.2, 0.25) is 0 Å². The maximum Gasteiger partial charge on any atom is 0.103 e. The van der Waals surface area contributed by atoms with Gasteiger partial charge < -0.3 is 15.8 Å². The molecule has 1 aliphatic heterocycles. The highest BCUT2D eigenvalue weighted by Crippen LogP contribution is 2.18. The van der Waals surface area contributed by atoms with E-state index in [-0.39, 0.29) is 0 Å². The van der Waals surface area contributed by atoms with E-state index < -0.39 is 0 Å². The van der Waals surface area contributed by atoms with Crippen LogP contribution in [0.3, 0.4) is 0 Å². The zero-order valence-corrected chi connectivity index (χ0v) is 11.6. The molecule has 1 fully saturated rings. The fourth-order valence-corrected chi connectivity index (χ4v) is 2.33. The molecule has 1 aliphatic rings. The van der Waals surface area contributed by atoms with Crippen molar-refractivity contribution in [2.75, 3.05) is 18.5 Å². The molecule has 3 N–H and O–H groups in total. The number of hydrogen-bond acceptors (Lipinski definition) is 3. The Labute approximate surface area is 114 Å². The monoisotopic (exact) mass is 264 g/mol. The minimum Gasteiger partial charge on any atom is -0.389 e. The van der Waals surface area contributed by atoms with Gasteiger partial charge in [0, 0.05) is 24.4 Å². The SMILES string of the molecule is Cc1cc(C(N)=S)ccc1NCC1CCCCO1. The van der Waals surface area contributed by atoms with E-state index in [1.54, 1.807) is 0 Å². The standard InChI is InChI=1S/C14H20N2OS/c1-10-8-11(14(15)18)5-6-13(10)16-9-12-4-2-3-7-17-12/h5-6,8,12,16H,2-4,7,9H2,1H3,(H2,15,18). The average Bonchev–Trinajstić information content (AvgIpc) is 2.38. The molecule has 0 aromatic heterocycles. The number of aryl methyl sites for hydroxylation is 1. The predicted octanol–water partition coefficient (Wildman–Crippen LogP) is 2.61. The molecule has 0 amide bonds. The first kappa shape index (κ1) is 13.3. The molecule has 4 heteroatoms. The summed E-state index contributed by atoms with van der Waals surface area (Å²) in [6, 6.07) is 6.01. The van der Waals surface area contributed by atoms with E-state index in [2.05, 4.69) is 12.2 Å². The molecular formula is C14H20N2OS. The second-order valence-electron chi connectivity index (χ2n) is 4.76. The average molecular weight is 264 g/mol. The highest BCUT2D eigenvalue weighted by Gasteiger charge is 2.13. The van der Waals surface area contributed by atoms with Crippen molar-refractivity contribution in [3.05, 3.63) is 29.3 Å². The molecule has 0 bridgehead atoms. The van der Waals surface area contributed by atoms with Gasteiger partial charge in [-0.3, -0.25) is 0 Å². The highest BCUT2D eigenvalue weighted by atomic mass is 32.1. The Kier molecular flexibility index (Phi) is 4.55. The zero-order chi connectivity index (χ0) is 13.0. The van der Waals surface area contributed by atoms with Crippen molar-refractivity contribution < 1.29 is 4.74 Å². The van der Waals surface area contributed by atoms with Crippen LogP contribution in [0.4, 0.5) is 5.69 Å². The van der Waals surface area contributed by atoms with Crippen LogP contribution >= 0.6 is 12.2 Å². The van der Waals surface area contributed by atoms with Crippen LogP contribution < -0.4 is 11.1 Å². The second-order valence-corrected chi connectivity index (χ2v) is 5.20. The Morgan fingerprint density at radius 1 is 1.50 bits per heavy atom. The largest absolute Gasteiger partial charge is 0.389 e. The summed E-state index contributed by atoms with van der Waals surface area (Å²) in [5, 5.41) is 3.44. The van der Waals surface area contributed by atoms with Gasteiger partial charge in [0.1, 0.15) is 4.99 Å². The minimum absolute atomic E-state index is 0.341. The van der Waals surface area contributed by atoms with Crippen molar-refractivity contribution in [2.45, 2.75) is 32.3 Å². The van der Waals surface area contributed by atoms with Gasteiger partial charge in [0.25, 0.3) is 0 Å². The molecule has 2 rings (SSSR count). The van der Waals surface area contributed by atoms with Gasteiger partial charge in [-0.2, -0.15) is 0 Å². The van der Waals surface area contributed by atoms with Crippen LogP contribution in [0.5, 0.6) is 0 Å². The molecule has 0 spiro atoms. The van der Waals surface area contributed by atoms with Crippen LogP contribution in [0.2, 0.25) is 0 Å². The second kappa shape index (κ2) is 6.16. The molecule has 1 heterocycles. The summed E-state index contributed by atoms with van der Waals surface area (Å²) in [7, 11) is 0. The number of thiocarbonyl (C=S) groups is 1. The van der Waals surface area contributed by atoms with Gasteiger partial charge in [-0.05, 0) is 49.9 Å². The summed E-state index contributed by atoms with van der Waals surface area (Å²) in [6.07, 6.45) is 3.95. The first-order valence-corrected chi connectivity index (χ1v) is 6.83. The first-order chi connectivity index (χ1) is 8.66. The summed E-state index contributed by atoms with van der Waals surface area (Å²) in [6.45, 7) is 3.82. The van der Waals surface area contributed by atoms with Gasteiger partial charge in [-0.15, -0.1) is 0 Å². The smallest absolute Gasteiger partial charge is 0.103 e. The Morgan fingerprint density at radius 3 is 2.94 bits per heavy atom. The fourth-order valence-electron chi connectivity index (χ4n) is 2.21. The number of rotatable bonds is 4. The molecule has 1 unspecified atom stereocenters. The van der Waals surface area contributed by atoms with E-state index in [4.69, 9.17) is 22.7 Å². The Balaban J connectivity index is 1.94. The Morgan fingerprint density at radius 2 is 2.33 bits per heavy atom. The molecule has 1 atom stereocenters. The van der Waals surface area contributed by atoms with Crippen molar-refractivity contribution in [3.8, 4) is 0 Å². The maximum absolute atomic E-state index is 5.70. The summed E-state index contributed by atoms with van der Waals surface area (Å²) in [5.74, 6) is 0. The van der Waals surface area contributed by atoms with Crippen LogP contribution in [0.1, 0.15) is 30.4 Å². The molecule has 1 aromatic rings. The number of benzene rings is 1. The molecule has 1 saturated heterocycles. The van der Waals surface area contributed by atoms with Crippen LogP contribution in [0.15, 0.2) is 18.2 Å². The lowest BCUT2D eigenvalue weighted by Crippen LogP contribution is -2.27. The molecular weight excluding hydrogens is 244 g/mol. The van der Waals surface area contributed by atoms with Crippen molar-refractivity contribution in [1.29, 1.82) is 0 Å². The highest BCUT2D eigenvalue weighted by molar-refractivity contribution is 7.80. The zero-order valence-electron chi connectivity index (χ0n) is 10.7. The lowest BCUT2D eigenvalue weighted by atomic mass is 10.1. The van der Waals surface area contributed by atoms with Crippen LogP contribution in [-0.4, -0.2) is 24.2 Å². The van der Waals surface area contributed by atoms with Crippen LogP contribution in [-0.2, 0) is 4.74 Å². The Hall–Kier alpha value is -1.13. The van der Waals surface area contributed by atoms with E-state index in [0.29, 0.717) is 11.1 Å². The first-order valence-electron chi connectivity index (χ1n) is 6.43. The molecule has 0 aliphatic carbocycles. The quantitative estimate of drug-likeness (QED) is 0.821. The third-order valence-corrected chi connectivity index (χ3v) is 3.54. The molecule has 3 nitrogen and oxygen atoms in total. The van der Waals surface area contributed by atoms with E-state index in [0.717, 1.165) is 36.4 Å². The number of ether oxygens (including phenoxy) is 1. The van der Waals surface area contributed by atoms with E-state index >= 15 is 0 Å². The maximum atomic E-state index is 5.70. The van der Waals surface area contributed by atoms with Gasteiger partial charge in [-0.1, -0.05) is 12.2 Å². The van der Waals surface area contributed by atoms with Gasteiger partial charge in [-0.25, -0.2) is 0 Å². The van der Waals surface area contributed by atoms with E-state index in [9.17, 15) is 0 Å². The van der Waals surface area contributed by atoms with E-state index in [1.807, 2.05) is 18.2 Å². The lowest BCUT2D eigenvalue weighted by molar-refractivity contribution is 0.0247. The molecule has 18 heavy (non-hydrogen) atoms. The molecule has 98 valence electrons. The Bertz CT molecular complexity index is 428. The number of hydrogen-bond donors (Lipinski definition) is 2. The molecule has 0 saturated carbocycles. The number of anilines is 1. The summed E-state index contributed by atoms with van der Waals surface area (Å²) in [4.78, 5) is 0.445. The number of nitrogens with one attached hydrogen (secondary N) is 1. The third-order valence-electron chi connectivity index (χ3n) is 3.31. The van der Waals surface area contributed by atoms with Crippen molar-refractivity contribution in [3.63, 3.8) is 0 Å². The van der Waals surface area contributed by atoms with Gasteiger partial charge in [0.05, 0.1) is 6.10 Å². The van der Waals surface area contributed by atoms with Crippen LogP contribution in [0, 0.1) is 6.92 Å². The van der Waals surface area contributed by atoms with E-state index in [1.165, 1.54) is 12.8 Å². The summed E-state index contributed by atoms with van der Waals surface area (Å²) < 4.78 is 5.70.